The Hall–Kier alpha value is -3.74. The lowest BCUT2D eigenvalue weighted by Crippen LogP contribution is -2.46. The van der Waals surface area contributed by atoms with Gasteiger partial charge in [0.2, 0.25) is 11.8 Å². The second kappa shape index (κ2) is 9.86. The van der Waals surface area contributed by atoms with Crippen molar-refractivity contribution in [1.29, 1.82) is 0 Å². The molecule has 1 aliphatic carbocycles. The van der Waals surface area contributed by atoms with Crippen molar-refractivity contribution in [2.75, 3.05) is 20.8 Å². The van der Waals surface area contributed by atoms with Gasteiger partial charge in [-0.1, -0.05) is 30.4 Å². The van der Waals surface area contributed by atoms with Crippen molar-refractivity contribution < 1.29 is 19.1 Å². The van der Waals surface area contributed by atoms with E-state index in [4.69, 9.17) is 9.47 Å². The highest BCUT2D eigenvalue weighted by atomic mass is 16.5. The molecule has 2 unspecified atom stereocenters. The standard InChI is InChI=1S/C28H31N3O4/c1-34-19-12-11-18(26(15-19)35-2)16-29-27(32)22-8-3-4-9-23(22)28(33)31-14-13-21-20-7-5-6-10-24(20)30-25(21)17-31/h3-7,10-12,15,22-23,30H,8-9,13-14,16-17H2,1-2H3,(H,29,32). The summed E-state index contributed by atoms with van der Waals surface area (Å²) in [7, 11) is 3.20. The van der Waals surface area contributed by atoms with Gasteiger partial charge in [0, 0.05) is 41.3 Å². The molecule has 2 aromatic carbocycles. The lowest BCUT2D eigenvalue weighted by molar-refractivity contribution is -0.143. The number of fused-ring (bicyclic) bond motifs is 3. The molecule has 182 valence electrons. The Bertz CT molecular complexity index is 1280. The van der Waals surface area contributed by atoms with E-state index in [1.807, 2.05) is 41.3 Å². The fourth-order valence-corrected chi connectivity index (χ4v) is 5.30. The molecule has 0 saturated heterocycles. The van der Waals surface area contributed by atoms with Crippen LogP contribution in [0.25, 0.3) is 10.9 Å². The summed E-state index contributed by atoms with van der Waals surface area (Å²) in [5.74, 6) is 0.558. The van der Waals surface area contributed by atoms with Crippen LogP contribution in [0.5, 0.6) is 11.5 Å². The van der Waals surface area contributed by atoms with Crippen LogP contribution in [-0.4, -0.2) is 42.5 Å². The molecule has 1 aliphatic heterocycles. The number of amides is 2. The minimum absolute atomic E-state index is 0.0563. The summed E-state index contributed by atoms with van der Waals surface area (Å²) in [6.45, 7) is 1.56. The van der Waals surface area contributed by atoms with Crippen molar-refractivity contribution >= 4 is 22.7 Å². The van der Waals surface area contributed by atoms with Gasteiger partial charge < -0.3 is 24.7 Å². The minimum Gasteiger partial charge on any atom is -0.497 e. The maximum atomic E-state index is 13.6. The van der Waals surface area contributed by atoms with E-state index in [1.165, 1.54) is 10.9 Å². The third-order valence-corrected chi connectivity index (χ3v) is 7.23. The number of benzene rings is 2. The molecule has 0 saturated carbocycles. The summed E-state index contributed by atoms with van der Waals surface area (Å²) in [6, 6.07) is 13.8. The Kier molecular flexibility index (Phi) is 6.49. The number of hydrogen-bond donors (Lipinski definition) is 2. The highest BCUT2D eigenvalue weighted by molar-refractivity contribution is 5.89. The van der Waals surface area contributed by atoms with Gasteiger partial charge in [-0.25, -0.2) is 0 Å². The first-order valence-electron chi connectivity index (χ1n) is 12.1. The van der Waals surface area contributed by atoms with Crippen molar-refractivity contribution in [3.63, 3.8) is 0 Å². The van der Waals surface area contributed by atoms with Gasteiger partial charge in [0.15, 0.2) is 0 Å². The smallest absolute Gasteiger partial charge is 0.227 e. The number of ether oxygens (including phenoxy) is 2. The Balaban J connectivity index is 1.27. The second-order valence-electron chi connectivity index (χ2n) is 9.19. The van der Waals surface area contributed by atoms with Crippen molar-refractivity contribution in [3.8, 4) is 11.5 Å². The quantitative estimate of drug-likeness (QED) is 0.531. The largest absolute Gasteiger partial charge is 0.497 e. The lowest BCUT2D eigenvalue weighted by Gasteiger charge is -2.34. The van der Waals surface area contributed by atoms with Gasteiger partial charge in [-0.05, 0) is 43.0 Å². The number of H-pyrrole nitrogens is 1. The average Bonchev–Trinajstić information content (AvgIpc) is 3.29. The molecule has 0 bridgehead atoms. The first-order valence-corrected chi connectivity index (χ1v) is 12.1. The maximum Gasteiger partial charge on any atom is 0.227 e. The molecule has 2 amide bonds. The summed E-state index contributed by atoms with van der Waals surface area (Å²) in [5.41, 5.74) is 4.37. The zero-order valence-corrected chi connectivity index (χ0v) is 20.2. The molecule has 5 rings (SSSR count). The van der Waals surface area contributed by atoms with E-state index in [0.717, 1.165) is 23.2 Å². The Morgan fingerprint density at radius 2 is 1.86 bits per heavy atom. The normalized spacial score (nSPS) is 19.3. The van der Waals surface area contributed by atoms with Crippen LogP contribution in [0, 0.1) is 11.8 Å². The lowest BCUT2D eigenvalue weighted by atomic mass is 9.81. The number of aromatic amines is 1. The van der Waals surface area contributed by atoms with Gasteiger partial charge in [0.05, 0.1) is 32.6 Å². The molecule has 3 aromatic rings. The molecule has 7 nitrogen and oxygen atoms in total. The molecule has 0 spiro atoms. The zero-order chi connectivity index (χ0) is 24.4. The second-order valence-corrected chi connectivity index (χ2v) is 9.19. The predicted octanol–water partition coefficient (Wildman–Crippen LogP) is 3.97. The molecule has 0 radical (unpaired) electrons. The molecular weight excluding hydrogens is 442 g/mol. The van der Waals surface area contributed by atoms with Crippen LogP contribution in [0.3, 0.4) is 0 Å². The molecule has 2 atom stereocenters. The van der Waals surface area contributed by atoms with Crippen LogP contribution in [0.15, 0.2) is 54.6 Å². The van der Waals surface area contributed by atoms with Gasteiger partial charge in [-0.15, -0.1) is 0 Å². The first-order chi connectivity index (χ1) is 17.1. The van der Waals surface area contributed by atoms with Crippen LogP contribution in [0.4, 0.5) is 0 Å². The van der Waals surface area contributed by atoms with Gasteiger partial charge in [-0.3, -0.25) is 9.59 Å². The van der Waals surface area contributed by atoms with E-state index in [-0.39, 0.29) is 23.7 Å². The Labute approximate surface area is 205 Å². The third kappa shape index (κ3) is 4.50. The first kappa shape index (κ1) is 23.0. The zero-order valence-electron chi connectivity index (χ0n) is 20.2. The van der Waals surface area contributed by atoms with Crippen molar-refractivity contribution in [2.24, 2.45) is 11.8 Å². The van der Waals surface area contributed by atoms with Gasteiger partial charge in [0.1, 0.15) is 11.5 Å². The number of rotatable bonds is 6. The molecule has 7 heteroatoms. The van der Waals surface area contributed by atoms with E-state index in [2.05, 4.69) is 22.4 Å². The van der Waals surface area contributed by atoms with Crippen LogP contribution in [0.2, 0.25) is 0 Å². The average molecular weight is 474 g/mol. The predicted molar refractivity (Wildman–Crippen MR) is 134 cm³/mol. The topological polar surface area (TPSA) is 83.7 Å². The number of allylic oxidation sites excluding steroid dienone is 2. The van der Waals surface area contributed by atoms with Gasteiger partial charge in [0.25, 0.3) is 0 Å². The summed E-state index contributed by atoms with van der Waals surface area (Å²) in [5, 5.41) is 4.27. The van der Waals surface area contributed by atoms with E-state index >= 15 is 0 Å². The number of carbonyl (C=O) groups excluding carboxylic acids is 2. The van der Waals surface area contributed by atoms with E-state index in [9.17, 15) is 9.59 Å². The van der Waals surface area contributed by atoms with Gasteiger partial charge >= 0.3 is 0 Å². The van der Waals surface area contributed by atoms with E-state index in [1.54, 1.807) is 20.3 Å². The SMILES string of the molecule is COc1ccc(CNC(=O)C2CC=CCC2C(=O)N2CCc3c([nH]c4ccccc34)C2)c(OC)c1. The minimum atomic E-state index is -0.388. The molecular formula is C28H31N3O4. The molecule has 35 heavy (non-hydrogen) atoms. The summed E-state index contributed by atoms with van der Waals surface area (Å²) >= 11 is 0. The number of aromatic nitrogens is 1. The van der Waals surface area contributed by atoms with Crippen LogP contribution >= 0.6 is 0 Å². The van der Waals surface area contributed by atoms with Crippen LogP contribution in [-0.2, 0) is 29.1 Å². The van der Waals surface area contributed by atoms with Crippen LogP contribution in [0.1, 0.15) is 29.7 Å². The number of nitrogens with zero attached hydrogens (tertiary/aromatic N) is 1. The summed E-state index contributed by atoms with van der Waals surface area (Å²) < 4.78 is 10.7. The highest BCUT2D eigenvalue weighted by Crippen LogP contribution is 2.32. The maximum absolute atomic E-state index is 13.6. The molecule has 1 aromatic heterocycles. The highest BCUT2D eigenvalue weighted by Gasteiger charge is 2.37. The van der Waals surface area contributed by atoms with Gasteiger partial charge in [-0.2, -0.15) is 0 Å². The van der Waals surface area contributed by atoms with E-state index < -0.39 is 0 Å². The Morgan fingerprint density at radius 1 is 1.06 bits per heavy atom. The number of carbonyl (C=O) groups is 2. The summed E-state index contributed by atoms with van der Waals surface area (Å²) in [4.78, 5) is 32.2. The number of hydrogen-bond acceptors (Lipinski definition) is 4. The molecule has 2 N–H and O–H groups in total. The molecule has 0 fully saturated rings. The van der Waals surface area contributed by atoms with Crippen molar-refractivity contribution in [2.45, 2.75) is 32.4 Å². The van der Waals surface area contributed by atoms with Crippen LogP contribution < -0.4 is 14.8 Å². The number of methoxy groups -OCH3 is 2. The molecule has 2 heterocycles. The monoisotopic (exact) mass is 473 g/mol. The number of para-hydroxylation sites is 1. The molecule has 2 aliphatic rings. The number of nitrogens with one attached hydrogen (secondary N) is 2. The Morgan fingerprint density at radius 3 is 2.66 bits per heavy atom. The fraction of sp³-hybridized carbons (Fsp3) is 0.357. The fourth-order valence-electron chi connectivity index (χ4n) is 5.30. The summed E-state index contributed by atoms with van der Waals surface area (Å²) in [6.07, 6.45) is 6.00. The van der Waals surface area contributed by atoms with Crippen molar-refractivity contribution in [1.82, 2.24) is 15.2 Å². The van der Waals surface area contributed by atoms with E-state index in [0.29, 0.717) is 44.0 Å². The third-order valence-electron chi connectivity index (χ3n) is 7.23. The van der Waals surface area contributed by atoms with Crippen molar-refractivity contribution in [3.05, 3.63) is 71.4 Å².